The molecule has 0 saturated carbocycles. The number of hydrogen-bond donors (Lipinski definition) is 0. The number of para-hydroxylation sites is 1. The summed E-state index contributed by atoms with van der Waals surface area (Å²) in [4.78, 5) is 27.8. The lowest BCUT2D eigenvalue weighted by Gasteiger charge is -2.18. The molecule has 0 saturated heterocycles. The van der Waals surface area contributed by atoms with E-state index in [0.717, 1.165) is 24.5 Å². The predicted molar refractivity (Wildman–Crippen MR) is 88.3 cm³/mol. The van der Waals surface area contributed by atoms with Crippen LogP contribution < -0.4 is 4.90 Å². The van der Waals surface area contributed by atoms with Crippen molar-refractivity contribution in [1.29, 1.82) is 0 Å². The first-order valence-corrected chi connectivity index (χ1v) is 8.23. The average molecular weight is 326 g/mol. The van der Waals surface area contributed by atoms with Gasteiger partial charge >= 0.3 is 5.97 Å². The van der Waals surface area contributed by atoms with Gasteiger partial charge in [-0.1, -0.05) is 29.5 Å². The predicted octanol–water partition coefficient (Wildman–Crippen LogP) is 2.96. The summed E-state index contributed by atoms with van der Waals surface area (Å²) in [6.45, 7) is 2.95. The molecule has 0 fully saturated rings. The van der Waals surface area contributed by atoms with Crippen molar-refractivity contribution in [3.63, 3.8) is 0 Å². The van der Waals surface area contributed by atoms with Gasteiger partial charge in [0, 0.05) is 12.2 Å². The Bertz CT molecular complexity index is 893. The zero-order valence-corrected chi connectivity index (χ0v) is 13.3. The Morgan fingerprint density at radius 2 is 2.22 bits per heavy atom. The number of ether oxygens (including phenoxy) is 1. The molecule has 1 aliphatic rings. The largest absolute Gasteiger partial charge is 0.461 e. The fraction of sp³-hybridized carbons (Fsp3) is 0.250. The number of hydrogen-bond acceptors (Lipinski definition) is 7. The molecule has 0 spiro atoms. The summed E-state index contributed by atoms with van der Waals surface area (Å²) in [5.41, 5.74) is 3.08. The molecule has 1 aliphatic heterocycles. The Balaban J connectivity index is 1.81. The van der Waals surface area contributed by atoms with Crippen molar-refractivity contribution in [2.24, 2.45) is 0 Å². The van der Waals surface area contributed by atoms with E-state index in [-0.39, 0.29) is 0 Å². The van der Waals surface area contributed by atoms with E-state index in [1.54, 1.807) is 6.92 Å². The van der Waals surface area contributed by atoms with Crippen molar-refractivity contribution in [3.05, 3.63) is 41.2 Å². The van der Waals surface area contributed by atoms with Crippen LogP contribution in [0.25, 0.3) is 10.3 Å². The van der Waals surface area contributed by atoms with Crippen molar-refractivity contribution >= 4 is 39.2 Å². The van der Waals surface area contributed by atoms with Gasteiger partial charge in [-0.25, -0.2) is 19.7 Å². The van der Waals surface area contributed by atoms with Gasteiger partial charge in [-0.15, -0.1) is 0 Å². The number of aromatic nitrogens is 3. The minimum Gasteiger partial charge on any atom is -0.461 e. The van der Waals surface area contributed by atoms with Crippen molar-refractivity contribution in [2.45, 2.75) is 13.3 Å². The molecular formula is C16H14N4O2S. The van der Waals surface area contributed by atoms with Crippen LogP contribution in [0.1, 0.15) is 22.3 Å². The van der Waals surface area contributed by atoms with Crippen LogP contribution in [0.3, 0.4) is 0 Å². The molecule has 1 aromatic carbocycles. The molecule has 116 valence electrons. The third-order valence-corrected chi connectivity index (χ3v) is 4.71. The van der Waals surface area contributed by atoms with Gasteiger partial charge in [0.1, 0.15) is 16.7 Å². The normalized spacial score (nSPS) is 13.3. The van der Waals surface area contributed by atoms with Crippen LogP contribution in [-0.4, -0.2) is 34.1 Å². The number of thiazole rings is 1. The van der Waals surface area contributed by atoms with Crippen molar-refractivity contribution < 1.29 is 9.53 Å². The Hall–Kier alpha value is -2.54. The molecule has 0 aliphatic carbocycles. The van der Waals surface area contributed by atoms with Crippen molar-refractivity contribution in [2.75, 3.05) is 18.1 Å². The molecule has 3 aromatic rings. The lowest BCUT2D eigenvalue weighted by Crippen LogP contribution is -2.15. The molecule has 0 atom stereocenters. The van der Waals surface area contributed by atoms with Crippen molar-refractivity contribution in [1.82, 2.24) is 15.0 Å². The summed E-state index contributed by atoms with van der Waals surface area (Å²) < 4.78 is 5.03. The maximum Gasteiger partial charge on any atom is 0.367 e. The van der Waals surface area contributed by atoms with Crippen LogP contribution in [0.2, 0.25) is 0 Å². The monoisotopic (exact) mass is 326 g/mol. The first kappa shape index (κ1) is 14.1. The lowest BCUT2D eigenvalue weighted by atomic mass is 10.2. The summed E-state index contributed by atoms with van der Waals surface area (Å²) in [7, 11) is 0. The summed E-state index contributed by atoms with van der Waals surface area (Å²) in [6, 6.07) is 8.26. The van der Waals surface area contributed by atoms with Gasteiger partial charge in [-0.2, -0.15) is 0 Å². The summed E-state index contributed by atoms with van der Waals surface area (Å²) in [6.07, 6.45) is 2.49. The van der Waals surface area contributed by atoms with Gasteiger partial charge in [0.15, 0.2) is 5.82 Å². The number of carbonyl (C=O) groups is 1. The van der Waals surface area contributed by atoms with Gasteiger partial charge in [0.2, 0.25) is 5.01 Å². The third-order valence-electron chi connectivity index (χ3n) is 3.77. The highest BCUT2D eigenvalue weighted by atomic mass is 32.1. The number of benzene rings is 1. The van der Waals surface area contributed by atoms with Crippen LogP contribution in [0.4, 0.5) is 11.5 Å². The molecule has 4 rings (SSSR count). The maximum absolute atomic E-state index is 11.9. The van der Waals surface area contributed by atoms with E-state index in [1.807, 2.05) is 12.1 Å². The number of rotatable bonds is 3. The molecule has 0 N–H and O–H groups in total. The first-order chi connectivity index (χ1) is 11.3. The summed E-state index contributed by atoms with van der Waals surface area (Å²) in [5, 5.41) is 0.316. The van der Waals surface area contributed by atoms with Gasteiger partial charge < -0.3 is 9.64 Å². The Morgan fingerprint density at radius 3 is 3.09 bits per heavy atom. The molecule has 0 bridgehead atoms. The molecule has 23 heavy (non-hydrogen) atoms. The van der Waals surface area contributed by atoms with Crippen LogP contribution in [-0.2, 0) is 11.2 Å². The van der Waals surface area contributed by atoms with Crippen LogP contribution in [0.15, 0.2) is 30.6 Å². The molecule has 3 heterocycles. The second-order valence-electron chi connectivity index (χ2n) is 5.12. The molecule has 2 aromatic heterocycles. The fourth-order valence-electron chi connectivity index (χ4n) is 2.78. The van der Waals surface area contributed by atoms with Crippen LogP contribution in [0.5, 0.6) is 0 Å². The average Bonchev–Trinajstić information content (AvgIpc) is 3.19. The first-order valence-electron chi connectivity index (χ1n) is 7.42. The summed E-state index contributed by atoms with van der Waals surface area (Å²) >= 11 is 1.24. The zero-order chi connectivity index (χ0) is 15.8. The molecule has 0 radical (unpaired) electrons. The standard InChI is InChI=1S/C16H14N4O2S/c1-2-22-16(21)15-19-12-13(17-9-18-14(12)23-15)20-8-7-10-5-3-4-6-11(10)20/h3-6,9H,2,7-8H2,1H3. The number of esters is 1. The molecule has 0 unspecified atom stereocenters. The van der Waals surface area contributed by atoms with E-state index < -0.39 is 5.97 Å². The topological polar surface area (TPSA) is 68.2 Å². The minimum absolute atomic E-state index is 0.316. The third kappa shape index (κ3) is 2.33. The van der Waals surface area contributed by atoms with E-state index in [2.05, 4.69) is 32.0 Å². The molecular weight excluding hydrogens is 312 g/mol. The van der Waals surface area contributed by atoms with Crippen LogP contribution >= 0.6 is 11.3 Å². The van der Waals surface area contributed by atoms with E-state index in [1.165, 1.54) is 23.2 Å². The second kappa shape index (κ2) is 5.58. The zero-order valence-electron chi connectivity index (χ0n) is 12.5. The van der Waals surface area contributed by atoms with E-state index in [0.29, 0.717) is 22.0 Å². The number of anilines is 2. The highest BCUT2D eigenvalue weighted by Crippen LogP contribution is 2.37. The summed E-state index contributed by atoms with van der Waals surface area (Å²) in [5.74, 6) is 0.329. The smallest absolute Gasteiger partial charge is 0.367 e. The van der Waals surface area contributed by atoms with Crippen LogP contribution in [0, 0.1) is 0 Å². The van der Waals surface area contributed by atoms with E-state index in [9.17, 15) is 4.79 Å². The molecule has 6 nitrogen and oxygen atoms in total. The Morgan fingerprint density at radius 1 is 1.35 bits per heavy atom. The number of carbonyl (C=O) groups excluding carboxylic acids is 1. The van der Waals surface area contributed by atoms with E-state index in [4.69, 9.17) is 4.74 Å². The SMILES string of the molecule is CCOC(=O)c1nc2c(N3CCc4ccccc43)ncnc2s1. The highest BCUT2D eigenvalue weighted by Gasteiger charge is 2.25. The fourth-order valence-corrected chi connectivity index (χ4v) is 3.57. The van der Waals surface area contributed by atoms with Crippen molar-refractivity contribution in [3.8, 4) is 0 Å². The van der Waals surface area contributed by atoms with Gasteiger partial charge in [-0.05, 0) is 25.0 Å². The number of fused-ring (bicyclic) bond motifs is 2. The van der Waals surface area contributed by atoms with Gasteiger partial charge in [-0.3, -0.25) is 0 Å². The quantitative estimate of drug-likeness (QED) is 0.689. The van der Waals surface area contributed by atoms with Gasteiger partial charge in [0.25, 0.3) is 0 Å². The van der Waals surface area contributed by atoms with Gasteiger partial charge in [0.05, 0.1) is 6.61 Å². The maximum atomic E-state index is 11.9. The molecule has 7 heteroatoms. The Labute approximate surface area is 136 Å². The highest BCUT2D eigenvalue weighted by molar-refractivity contribution is 7.19. The Kier molecular flexibility index (Phi) is 3.42. The second-order valence-corrected chi connectivity index (χ2v) is 6.10. The lowest BCUT2D eigenvalue weighted by molar-refractivity contribution is 0.0526. The van der Waals surface area contributed by atoms with E-state index >= 15 is 0 Å². The number of nitrogens with zero attached hydrogens (tertiary/aromatic N) is 4. The molecule has 0 amide bonds. The minimum atomic E-state index is -0.414.